The van der Waals surface area contributed by atoms with Gasteiger partial charge in [0.1, 0.15) is 0 Å². The van der Waals surface area contributed by atoms with Crippen LogP contribution in [0.4, 0.5) is 0 Å². The molecule has 0 N–H and O–H groups in total. The van der Waals surface area contributed by atoms with Crippen LogP contribution in [0.3, 0.4) is 0 Å². The molecule has 0 unspecified atom stereocenters. The molecule has 0 atom stereocenters. The first-order valence-corrected chi connectivity index (χ1v) is 17.9. The molecule has 0 aliphatic heterocycles. The summed E-state index contributed by atoms with van der Waals surface area (Å²) >= 11 is 0.146. The average molecular weight is 692 g/mol. The Labute approximate surface area is 290 Å². The summed E-state index contributed by atoms with van der Waals surface area (Å²) in [5.41, 5.74) is 9.77. The Kier molecular flexibility index (Phi) is 7.47. The Morgan fingerprint density at radius 2 is 0.776 bits per heavy atom. The molecule has 49 heavy (non-hydrogen) atoms. The topological polar surface area (TPSA) is 51.6 Å². The predicted molar refractivity (Wildman–Crippen MR) is 202 cm³/mol. The third-order valence-electron chi connectivity index (χ3n) is 8.74. The zero-order valence-electron chi connectivity index (χ0n) is 26.4. The monoisotopic (exact) mass is 692 g/mol. The second-order valence-corrected chi connectivity index (χ2v) is 14.0. The Morgan fingerprint density at radius 1 is 0.327 bits per heavy atom. The van der Waals surface area contributed by atoms with Crippen molar-refractivity contribution in [1.82, 2.24) is 19.9 Å². The minimum absolute atomic E-state index is 0.146. The number of nitrogens with zero attached hydrogens (tertiary/aromatic N) is 4. The van der Waals surface area contributed by atoms with Crippen molar-refractivity contribution in [2.45, 2.75) is 0 Å². The van der Waals surface area contributed by atoms with Crippen molar-refractivity contribution in [3.05, 3.63) is 170 Å². The van der Waals surface area contributed by atoms with Crippen LogP contribution < -0.4 is 0 Å². The van der Waals surface area contributed by atoms with E-state index in [0.717, 1.165) is 33.3 Å². The van der Waals surface area contributed by atoms with E-state index in [4.69, 9.17) is 19.9 Å². The molecule has 0 bridgehead atoms. The van der Waals surface area contributed by atoms with E-state index in [1.54, 1.807) is 0 Å². The van der Waals surface area contributed by atoms with E-state index in [2.05, 4.69) is 109 Å². The van der Waals surface area contributed by atoms with Crippen LogP contribution in [0.5, 0.6) is 0 Å². The maximum atomic E-state index is 5.04. The van der Waals surface area contributed by atoms with E-state index in [1.165, 1.54) is 36.3 Å². The molecule has 0 amide bonds. The standard InChI is InChI=1S/C44H28N4Se/c1-4-12-30(13-5-1)41-46-42(31-14-6-2-7-15-31)48-43(47-41)37-21-11-20-35(27-37)33-18-10-19-34(26-33)36-23-22-29-24-25-39-40(38(29)28-36)49-44(45-39)32-16-8-3-9-17-32/h1-28H. The predicted octanol–water partition coefficient (Wildman–Crippen LogP) is 10.6. The molecule has 5 heteroatoms. The molecule has 7 aromatic carbocycles. The number of fused-ring (bicyclic) bond motifs is 3. The summed E-state index contributed by atoms with van der Waals surface area (Å²) in [6.07, 6.45) is 0. The molecule has 4 nitrogen and oxygen atoms in total. The SMILES string of the molecule is c1ccc(-c2nc(-c3ccccc3)nc(-c3cccc(-c4cccc(-c5ccc6ccc7nc(-c8ccccc8)[se]c7c6c5)c4)c3)n2)cc1. The van der Waals surface area contributed by atoms with Crippen LogP contribution in [0.15, 0.2) is 170 Å². The Bertz CT molecular complexity index is 2540. The molecular weight excluding hydrogens is 663 g/mol. The van der Waals surface area contributed by atoms with Gasteiger partial charge in [-0.25, -0.2) is 4.98 Å². The number of aromatic nitrogens is 4. The summed E-state index contributed by atoms with van der Waals surface area (Å²) in [7, 11) is 0. The van der Waals surface area contributed by atoms with E-state index in [0.29, 0.717) is 17.5 Å². The van der Waals surface area contributed by atoms with Crippen molar-refractivity contribution in [2.24, 2.45) is 0 Å². The normalized spacial score (nSPS) is 11.3. The Morgan fingerprint density at radius 3 is 1.37 bits per heavy atom. The van der Waals surface area contributed by atoms with E-state index in [1.807, 2.05) is 60.7 Å². The number of hydrogen-bond donors (Lipinski definition) is 0. The van der Waals surface area contributed by atoms with Gasteiger partial charge in [0.2, 0.25) is 0 Å². The summed E-state index contributed by atoms with van der Waals surface area (Å²) in [5.74, 6) is 1.96. The molecule has 0 fully saturated rings. The summed E-state index contributed by atoms with van der Waals surface area (Å²) in [6, 6.07) is 59.2. The van der Waals surface area contributed by atoms with E-state index in [-0.39, 0.29) is 14.5 Å². The molecular formula is C44H28N4Se. The van der Waals surface area contributed by atoms with Gasteiger partial charge in [0, 0.05) is 11.1 Å². The van der Waals surface area contributed by atoms with Gasteiger partial charge in [-0.05, 0) is 0 Å². The van der Waals surface area contributed by atoms with Crippen LogP contribution >= 0.6 is 0 Å². The minimum Gasteiger partial charge on any atom is -0.0615 e. The summed E-state index contributed by atoms with van der Waals surface area (Å²) in [6.45, 7) is 0. The molecule has 0 aliphatic rings. The van der Waals surface area contributed by atoms with Crippen LogP contribution in [-0.2, 0) is 0 Å². The average Bonchev–Trinajstić information content (AvgIpc) is 3.64. The molecule has 0 saturated carbocycles. The molecule has 9 aromatic rings. The van der Waals surface area contributed by atoms with Crippen LogP contribution in [-0.4, -0.2) is 34.4 Å². The molecule has 9 rings (SSSR count). The molecule has 0 aliphatic carbocycles. The first-order valence-electron chi connectivity index (χ1n) is 16.2. The minimum atomic E-state index is 0.146. The zero-order valence-corrected chi connectivity index (χ0v) is 28.1. The first-order chi connectivity index (χ1) is 24.2. The van der Waals surface area contributed by atoms with E-state index >= 15 is 0 Å². The fourth-order valence-corrected chi connectivity index (χ4v) is 8.54. The fraction of sp³-hybridized carbons (Fsp3) is 0. The van der Waals surface area contributed by atoms with Crippen molar-refractivity contribution in [3.63, 3.8) is 0 Å². The van der Waals surface area contributed by atoms with Crippen LogP contribution in [0.2, 0.25) is 0 Å². The molecule has 0 radical (unpaired) electrons. The van der Waals surface area contributed by atoms with Gasteiger partial charge in [0.05, 0.1) is 0 Å². The zero-order chi connectivity index (χ0) is 32.6. The summed E-state index contributed by atoms with van der Waals surface area (Å²) in [5, 5.41) is 2.54. The number of hydrogen-bond acceptors (Lipinski definition) is 4. The smallest absolute Gasteiger partial charge is 0.0615 e. The number of benzene rings is 7. The van der Waals surface area contributed by atoms with Gasteiger partial charge >= 0.3 is 203 Å². The van der Waals surface area contributed by atoms with Crippen molar-refractivity contribution < 1.29 is 0 Å². The van der Waals surface area contributed by atoms with Gasteiger partial charge in [-0.15, -0.1) is 0 Å². The Hall–Kier alpha value is -6.00. The van der Waals surface area contributed by atoms with Crippen molar-refractivity contribution >= 4 is 35.1 Å². The van der Waals surface area contributed by atoms with Crippen LogP contribution in [0.25, 0.3) is 87.1 Å². The Balaban J connectivity index is 1.10. The first kappa shape index (κ1) is 29.2. The molecule has 2 heterocycles. The van der Waals surface area contributed by atoms with Gasteiger partial charge in [-0.3, -0.25) is 0 Å². The van der Waals surface area contributed by atoms with Crippen LogP contribution in [0, 0.1) is 0 Å². The second-order valence-electron chi connectivity index (χ2n) is 11.9. The van der Waals surface area contributed by atoms with E-state index in [9.17, 15) is 0 Å². The molecule has 0 spiro atoms. The van der Waals surface area contributed by atoms with Crippen molar-refractivity contribution in [2.75, 3.05) is 0 Å². The van der Waals surface area contributed by atoms with Gasteiger partial charge in [-0.1, -0.05) is 60.7 Å². The fourth-order valence-electron chi connectivity index (χ4n) is 6.24. The molecule has 0 saturated heterocycles. The van der Waals surface area contributed by atoms with Crippen molar-refractivity contribution in [1.29, 1.82) is 0 Å². The summed E-state index contributed by atoms with van der Waals surface area (Å²) < 4.78 is 2.55. The second kappa shape index (κ2) is 12.6. The third-order valence-corrected chi connectivity index (χ3v) is 11.2. The summed E-state index contributed by atoms with van der Waals surface area (Å²) in [4.78, 5) is 19.8. The van der Waals surface area contributed by atoms with Gasteiger partial charge in [0.15, 0.2) is 11.6 Å². The van der Waals surface area contributed by atoms with Gasteiger partial charge in [-0.2, -0.15) is 0 Å². The quantitative estimate of drug-likeness (QED) is 0.163. The molecule has 230 valence electrons. The maximum absolute atomic E-state index is 5.04. The van der Waals surface area contributed by atoms with Gasteiger partial charge < -0.3 is 0 Å². The van der Waals surface area contributed by atoms with Crippen molar-refractivity contribution in [3.8, 4) is 66.5 Å². The van der Waals surface area contributed by atoms with Crippen LogP contribution in [0.1, 0.15) is 0 Å². The molecule has 2 aromatic heterocycles. The van der Waals surface area contributed by atoms with Gasteiger partial charge in [0.25, 0.3) is 0 Å². The third kappa shape index (κ3) is 5.76. The van der Waals surface area contributed by atoms with E-state index < -0.39 is 0 Å². The number of rotatable bonds is 6.